The number of halogens is 4. The van der Waals surface area contributed by atoms with Crippen molar-refractivity contribution in [2.45, 2.75) is 51.8 Å². The average molecular weight is 593 g/mol. The van der Waals surface area contributed by atoms with Gasteiger partial charge in [0.1, 0.15) is 15.8 Å². The highest BCUT2D eigenvalue weighted by atomic mass is 35.5. The predicted octanol–water partition coefficient (Wildman–Crippen LogP) is 6.83. The maximum Gasteiger partial charge on any atom is 0.433 e. The number of carbonyl (C=O) groups excluding carboxylic acids is 2. The topological polar surface area (TPSA) is 94.8 Å². The van der Waals surface area contributed by atoms with Crippen molar-refractivity contribution < 1.29 is 32.2 Å². The second-order valence-corrected chi connectivity index (χ2v) is 11.0. The molecule has 1 aliphatic rings. The number of thiophene rings is 1. The number of esters is 1. The molecule has 210 valence electrons. The summed E-state index contributed by atoms with van der Waals surface area (Å²) in [6.45, 7) is 3.44. The van der Waals surface area contributed by atoms with Crippen LogP contribution in [0.25, 0.3) is 16.9 Å². The molecule has 8 nitrogen and oxygen atoms in total. The van der Waals surface area contributed by atoms with Crippen molar-refractivity contribution >= 4 is 45.5 Å². The summed E-state index contributed by atoms with van der Waals surface area (Å²) in [6, 6.07) is 7.21. The molecule has 0 unspecified atom stereocenters. The molecule has 13 heteroatoms. The summed E-state index contributed by atoms with van der Waals surface area (Å²) in [5.74, 6) is -1.02. The Balaban J connectivity index is 1.58. The standard InChI is InChI=1S/C27H24ClF3N4O4S/c1-13(2)39-26(37)20-16-9-4-5-10-18(16)40-25(20)33-24(36)22-21(28)23-32-17(14-7-6-8-15(11-14)38-3)12-19(27(29,30)31)35(23)34-22/h6-8,11-13H,4-5,9-10H2,1-3H3,(H,33,36). The van der Waals surface area contributed by atoms with Gasteiger partial charge in [-0.1, -0.05) is 23.7 Å². The average Bonchev–Trinajstić information content (AvgIpc) is 3.44. The van der Waals surface area contributed by atoms with Crippen LogP contribution in [0.4, 0.5) is 18.2 Å². The van der Waals surface area contributed by atoms with Crippen molar-refractivity contribution in [2.75, 3.05) is 12.4 Å². The van der Waals surface area contributed by atoms with Gasteiger partial charge in [0.15, 0.2) is 17.0 Å². The number of nitrogens with one attached hydrogen (secondary N) is 1. The van der Waals surface area contributed by atoms with E-state index >= 15 is 0 Å². The Morgan fingerprint density at radius 1 is 1.18 bits per heavy atom. The number of nitrogens with zero attached hydrogens (tertiary/aromatic N) is 3. The van der Waals surface area contributed by atoms with Gasteiger partial charge < -0.3 is 14.8 Å². The smallest absolute Gasteiger partial charge is 0.433 e. The molecule has 3 aromatic heterocycles. The van der Waals surface area contributed by atoms with E-state index in [9.17, 15) is 22.8 Å². The third-order valence-corrected chi connectivity index (χ3v) is 7.90. The molecule has 1 N–H and O–H groups in total. The van der Waals surface area contributed by atoms with Crippen molar-refractivity contribution in [3.63, 3.8) is 0 Å². The molecule has 0 radical (unpaired) electrons. The lowest BCUT2D eigenvalue weighted by Gasteiger charge is -2.14. The van der Waals surface area contributed by atoms with Crippen LogP contribution in [0, 0.1) is 0 Å². The van der Waals surface area contributed by atoms with Gasteiger partial charge in [0.25, 0.3) is 5.91 Å². The Morgan fingerprint density at radius 2 is 1.93 bits per heavy atom. The number of fused-ring (bicyclic) bond motifs is 2. The molecule has 4 aromatic rings. The van der Waals surface area contributed by atoms with Gasteiger partial charge in [-0.05, 0) is 63.3 Å². The molecule has 0 bridgehead atoms. The molecular weight excluding hydrogens is 569 g/mol. The molecule has 0 aliphatic heterocycles. The number of aryl methyl sites for hydroxylation is 1. The van der Waals surface area contributed by atoms with Crippen LogP contribution in [0.3, 0.4) is 0 Å². The largest absolute Gasteiger partial charge is 0.497 e. The molecule has 40 heavy (non-hydrogen) atoms. The van der Waals surface area contributed by atoms with Crippen molar-refractivity contribution in [1.82, 2.24) is 14.6 Å². The number of ether oxygens (including phenoxy) is 2. The van der Waals surface area contributed by atoms with Crippen LogP contribution in [-0.4, -0.2) is 39.7 Å². The fourth-order valence-electron chi connectivity index (χ4n) is 4.57. The molecule has 0 spiro atoms. The van der Waals surface area contributed by atoms with Crippen molar-refractivity contribution in [1.29, 1.82) is 0 Å². The Bertz CT molecular complexity index is 1630. The highest BCUT2D eigenvalue weighted by Crippen LogP contribution is 2.40. The molecule has 3 heterocycles. The van der Waals surface area contributed by atoms with E-state index in [0.29, 0.717) is 22.2 Å². The maximum absolute atomic E-state index is 14.1. The Morgan fingerprint density at radius 3 is 2.62 bits per heavy atom. The molecule has 0 atom stereocenters. The Labute approximate surface area is 236 Å². The highest BCUT2D eigenvalue weighted by Gasteiger charge is 2.37. The lowest BCUT2D eigenvalue weighted by Crippen LogP contribution is -2.18. The van der Waals surface area contributed by atoms with E-state index < -0.39 is 29.4 Å². The number of hydrogen-bond donors (Lipinski definition) is 1. The van der Waals surface area contributed by atoms with E-state index in [2.05, 4.69) is 15.4 Å². The molecule has 1 aromatic carbocycles. The van der Waals surface area contributed by atoms with Gasteiger partial charge in [-0.3, -0.25) is 4.79 Å². The zero-order valence-corrected chi connectivity index (χ0v) is 23.3. The van der Waals surface area contributed by atoms with Gasteiger partial charge in [0.2, 0.25) is 0 Å². The summed E-state index contributed by atoms with van der Waals surface area (Å²) in [7, 11) is 1.44. The highest BCUT2D eigenvalue weighted by molar-refractivity contribution is 7.17. The predicted molar refractivity (Wildman–Crippen MR) is 144 cm³/mol. The van der Waals surface area contributed by atoms with Crippen LogP contribution in [0.15, 0.2) is 30.3 Å². The van der Waals surface area contributed by atoms with Crippen LogP contribution in [0.2, 0.25) is 5.02 Å². The lowest BCUT2D eigenvalue weighted by atomic mass is 9.95. The number of aromatic nitrogens is 3. The summed E-state index contributed by atoms with van der Waals surface area (Å²) in [5.41, 5.74) is -0.561. The molecule has 0 saturated carbocycles. The maximum atomic E-state index is 14.1. The fourth-order valence-corrected chi connectivity index (χ4v) is 6.09. The minimum Gasteiger partial charge on any atom is -0.497 e. The summed E-state index contributed by atoms with van der Waals surface area (Å²) in [4.78, 5) is 31.6. The first-order valence-corrected chi connectivity index (χ1v) is 13.6. The Hall–Kier alpha value is -3.64. The van der Waals surface area contributed by atoms with E-state index in [4.69, 9.17) is 21.1 Å². The van der Waals surface area contributed by atoms with Crippen molar-refractivity contribution in [3.05, 3.63) is 62.7 Å². The van der Waals surface area contributed by atoms with Gasteiger partial charge in [-0.2, -0.15) is 18.3 Å². The second-order valence-electron chi connectivity index (χ2n) is 9.48. The van der Waals surface area contributed by atoms with E-state index in [1.54, 1.807) is 32.0 Å². The van der Waals surface area contributed by atoms with Gasteiger partial charge in [0, 0.05) is 10.4 Å². The van der Waals surface area contributed by atoms with Crippen LogP contribution < -0.4 is 10.1 Å². The van der Waals surface area contributed by atoms with Gasteiger partial charge in [0.05, 0.1) is 24.5 Å². The minimum absolute atomic E-state index is 0.0304. The summed E-state index contributed by atoms with van der Waals surface area (Å²) >= 11 is 7.69. The number of benzene rings is 1. The first-order valence-electron chi connectivity index (χ1n) is 12.5. The molecule has 0 saturated heterocycles. The summed E-state index contributed by atoms with van der Waals surface area (Å²) in [5, 5.41) is 6.44. The fraction of sp³-hybridized carbons (Fsp3) is 0.333. The SMILES string of the molecule is COc1cccc(-c2cc(C(F)(F)F)n3nc(C(=O)Nc4sc5c(c4C(=O)OC(C)C)CCCC5)c(Cl)c3n2)c1. The monoisotopic (exact) mass is 592 g/mol. The Kier molecular flexibility index (Phi) is 7.49. The van der Waals surface area contributed by atoms with E-state index in [-0.39, 0.29) is 33.0 Å². The zero-order chi connectivity index (χ0) is 28.8. The van der Waals surface area contributed by atoms with Gasteiger partial charge >= 0.3 is 12.1 Å². The normalized spacial score (nSPS) is 13.4. The molecule has 1 aliphatic carbocycles. The molecule has 1 amide bonds. The molecule has 5 rings (SSSR count). The van der Waals surface area contributed by atoms with Crippen LogP contribution in [-0.2, 0) is 23.8 Å². The lowest BCUT2D eigenvalue weighted by molar-refractivity contribution is -0.142. The third kappa shape index (κ3) is 5.25. The molecular formula is C27H24ClF3N4O4S. The van der Waals surface area contributed by atoms with Gasteiger partial charge in [-0.25, -0.2) is 14.3 Å². The minimum atomic E-state index is -4.83. The quantitative estimate of drug-likeness (QED) is 0.247. The van der Waals surface area contributed by atoms with Gasteiger partial charge in [-0.15, -0.1) is 11.3 Å². The number of amides is 1. The number of anilines is 1. The first-order chi connectivity index (χ1) is 19.0. The summed E-state index contributed by atoms with van der Waals surface area (Å²) < 4.78 is 53.5. The van der Waals surface area contributed by atoms with Crippen molar-refractivity contribution in [3.8, 4) is 17.0 Å². The summed E-state index contributed by atoms with van der Waals surface area (Å²) in [6.07, 6.45) is -1.98. The number of methoxy groups -OCH3 is 1. The number of rotatable bonds is 6. The second kappa shape index (κ2) is 10.7. The van der Waals surface area contributed by atoms with E-state index in [0.717, 1.165) is 35.8 Å². The van der Waals surface area contributed by atoms with Crippen LogP contribution in [0.1, 0.15) is 63.7 Å². The zero-order valence-electron chi connectivity index (χ0n) is 21.7. The number of carbonyl (C=O) groups is 2. The van der Waals surface area contributed by atoms with E-state index in [1.807, 2.05) is 0 Å². The molecule has 0 fully saturated rings. The number of alkyl halides is 3. The van der Waals surface area contributed by atoms with Crippen LogP contribution in [0.5, 0.6) is 5.75 Å². The number of hydrogen-bond acceptors (Lipinski definition) is 7. The van der Waals surface area contributed by atoms with Crippen molar-refractivity contribution in [2.24, 2.45) is 0 Å². The van der Waals surface area contributed by atoms with Crippen LogP contribution >= 0.6 is 22.9 Å². The third-order valence-electron chi connectivity index (χ3n) is 6.35. The van der Waals surface area contributed by atoms with E-state index in [1.165, 1.54) is 24.5 Å². The first kappa shape index (κ1) is 27.9.